The molecular weight excluding hydrogens is 374 g/mol. The number of rotatable bonds is 8. The number of imidazole rings is 1. The third-order valence-corrected chi connectivity index (χ3v) is 5.67. The Bertz CT molecular complexity index is 1220. The normalized spacial score (nSPS) is 12.5. The highest BCUT2D eigenvalue weighted by Gasteiger charge is 2.18. The maximum atomic E-state index is 13.3. The van der Waals surface area contributed by atoms with Gasteiger partial charge in [0.15, 0.2) is 5.82 Å². The van der Waals surface area contributed by atoms with E-state index in [0.29, 0.717) is 12.4 Å². The summed E-state index contributed by atoms with van der Waals surface area (Å²) in [6.45, 7) is 7.56. The molecule has 0 aliphatic heterocycles. The number of fused-ring (bicyclic) bond motifs is 2. The van der Waals surface area contributed by atoms with Crippen LogP contribution in [0.4, 0.5) is 5.82 Å². The Labute approximate surface area is 176 Å². The zero-order valence-electron chi connectivity index (χ0n) is 17.9. The Morgan fingerprint density at radius 3 is 2.50 bits per heavy atom. The Hall–Kier alpha value is -3.15. The fourth-order valence-corrected chi connectivity index (χ4v) is 3.85. The molecule has 0 fully saturated rings. The highest BCUT2D eigenvalue weighted by Crippen LogP contribution is 2.22. The summed E-state index contributed by atoms with van der Waals surface area (Å²) in [4.78, 5) is 22.9. The molecule has 1 atom stereocenters. The number of hydrogen-bond acceptors (Lipinski definition) is 4. The Kier molecular flexibility index (Phi) is 5.84. The maximum absolute atomic E-state index is 13.3. The summed E-state index contributed by atoms with van der Waals surface area (Å²) in [5.41, 5.74) is 2.75. The van der Waals surface area contributed by atoms with Gasteiger partial charge in [0.2, 0.25) is 0 Å². The molecule has 2 heterocycles. The van der Waals surface area contributed by atoms with Gasteiger partial charge in [-0.05, 0) is 44.0 Å². The minimum atomic E-state index is -0.0113. The van der Waals surface area contributed by atoms with Gasteiger partial charge in [-0.15, -0.1) is 0 Å². The molecule has 0 bridgehead atoms. The lowest BCUT2D eigenvalue weighted by Gasteiger charge is -2.11. The molecule has 4 aromatic rings. The summed E-state index contributed by atoms with van der Waals surface area (Å²) in [7, 11) is 0. The van der Waals surface area contributed by atoms with Crippen molar-refractivity contribution >= 4 is 27.8 Å². The second kappa shape index (κ2) is 8.69. The number of nitrogens with zero attached hydrogens (tertiary/aromatic N) is 4. The molecule has 0 aliphatic rings. The van der Waals surface area contributed by atoms with Crippen LogP contribution in [0.5, 0.6) is 0 Å². The van der Waals surface area contributed by atoms with Gasteiger partial charge in [-0.2, -0.15) is 0 Å². The average Bonchev–Trinajstić information content (AvgIpc) is 3.05. The molecule has 30 heavy (non-hydrogen) atoms. The molecule has 1 N–H and O–H groups in total. The van der Waals surface area contributed by atoms with E-state index in [1.165, 1.54) is 0 Å². The van der Waals surface area contributed by atoms with Crippen molar-refractivity contribution in [1.82, 2.24) is 19.1 Å². The molecular formula is C24H29N5O. The van der Waals surface area contributed by atoms with Crippen molar-refractivity contribution in [2.45, 2.75) is 52.6 Å². The van der Waals surface area contributed by atoms with Crippen molar-refractivity contribution in [3.63, 3.8) is 0 Å². The summed E-state index contributed by atoms with van der Waals surface area (Å²) >= 11 is 0. The van der Waals surface area contributed by atoms with Crippen LogP contribution in [0.3, 0.4) is 0 Å². The van der Waals surface area contributed by atoms with Crippen LogP contribution in [0.15, 0.2) is 53.3 Å². The molecule has 6 heteroatoms. The van der Waals surface area contributed by atoms with Crippen molar-refractivity contribution in [3.05, 3.63) is 64.8 Å². The lowest BCUT2D eigenvalue weighted by atomic mass is 10.2. The van der Waals surface area contributed by atoms with Gasteiger partial charge in [0, 0.05) is 18.0 Å². The van der Waals surface area contributed by atoms with Crippen LogP contribution in [-0.4, -0.2) is 25.6 Å². The summed E-state index contributed by atoms with van der Waals surface area (Å²) in [6, 6.07) is 16.1. The first-order valence-electron chi connectivity index (χ1n) is 10.8. The first-order valence-corrected chi connectivity index (χ1v) is 10.8. The quantitative estimate of drug-likeness (QED) is 0.422. The monoisotopic (exact) mass is 403 g/mol. The van der Waals surface area contributed by atoms with Crippen molar-refractivity contribution in [2.75, 3.05) is 11.9 Å². The average molecular weight is 404 g/mol. The van der Waals surface area contributed by atoms with Crippen LogP contribution in [-0.2, 0) is 6.54 Å². The summed E-state index contributed by atoms with van der Waals surface area (Å²) in [6.07, 6.45) is 3.09. The van der Waals surface area contributed by atoms with E-state index >= 15 is 0 Å². The van der Waals surface area contributed by atoms with Gasteiger partial charge in [-0.3, -0.25) is 9.13 Å². The lowest BCUT2D eigenvalue weighted by molar-refractivity contribution is 0.515. The van der Waals surface area contributed by atoms with E-state index < -0.39 is 0 Å². The minimum absolute atomic E-state index is 0.0113. The van der Waals surface area contributed by atoms with Crippen LogP contribution in [0, 0.1) is 0 Å². The fourth-order valence-electron chi connectivity index (χ4n) is 3.85. The Morgan fingerprint density at radius 2 is 1.73 bits per heavy atom. The van der Waals surface area contributed by atoms with E-state index in [9.17, 15) is 4.79 Å². The fraction of sp³-hybridized carbons (Fsp3) is 0.375. The molecule has 156 valence electrons. The highest BCUT2D eigenvalue weighted by atomic mass is 16.1. The zero-order chi connectivity index (χ0) is 21.1. The standard InChI is InChI=1S/C24H29N5O/c1-4-6-15-25-23-18-11-7-8-12-19(18)26-22(27-23)16-28-20-13-9-10-14-21(20)29(24(28)30)17(3)5-2/h7-14,17H,4-6,15-16H2,1-3H3,(H,25,26,27). The van der Waals surface area contributed by atoms with E-state index in [-0.39, 0.29) is 11.7 Å². The van der Waals surface area contributed by atoms with Crippen molar-refractivity contribution in [2.24, 2.45) is 0 Å². The topological polar surface area (TPSA) is 64.7 Å². The van der Waals surface area contributed by atoms with Crippen molar-refractivity contribution in [3.8, 4) is 0 Å². The number of anilines is 1. The third-order valence-electron chi connectivity index (χ3n) is 5.67. The highest BCUT2D eigenvalue weighted by molar-refractivity contribution is 5.89. The smallest absolute Gasteiger partial charge is 0.329 e. The van der Waals surface area contributed by atoms with Crippen LogP contribution >= 0.6 is 0 Å². The SMILES string of the molecule is CCCCNc1nc(Cn2c(=O)n(C(C)CC)c3ccccc32)nc2ccccc12. The van der Waals surface area contributed by atoms with Crippen LogP contribution in [0.25, 0.3) is 21.9 Å². The first kappa shape index (κ1) is 20.1. The molecule has 2 aromatic heterocycles. The van der Waals surface area contributed by atoms with Gasteiger partial charge in [0.25, 0.3) is 0 Å². The largest absolute Gasteiger partial charge is 0.369 e. The molecule has 2 aromatic carbocycles. The van der Waals surface area contributed by atoms with Gasteiger partial charge in [0.1, 0.15) is 5.82 Å². The van der Waals surface area contributed by atoms with Crippen LogP contribution in [0.1, 0.15) is 51.9 Å². The van der Waals surface area contributed by atoms with E-state index in [4.69, 9.17) is 9.97 Å². The number of hydrogen-bond donors (Lipinski definition) is 1. The van der Waals surface area contributed by atoms with Crippen molar-refractivity contribution < 1.29 is 0 Å². The molecule has 0 amide bonds. The molecule has 6 nitrogen and oxygen atoms in total. The predicted octanol–water partition coefficient (Wildman–Crippen LogP) is 4.98. The van der Waals surface area contributed by atoms with E-state index in [2.05, 4.69) is 26.1 Å². The first-order chi connectivity index (χ1) is 14.6. The van der Waals surface area contributed by atoms with Crippen molar-refractivity contribution in [1.29, 1.82) is 0 Å². The van der Waals surface area contributed by atoms with Gasteiger partial charge in [0.05, 0.1) is 23.1 Å². The van der Waals surface area contributed by atoms with Crippen LogP contribution < -0.4 is 11.0 Å². The van der Waals surface area contributed by atoms with Gasteiger partial charge in [-0.25, -0.2) is 14.8 Å². The number of para-hydroxylation sites is 3. The molecule has 0 spiro atoms. The Balaban J connectivity index is 1.80. The summed E-state index contributed by atoms with van der Waals surface area (Å²) in [5.74, 6) is 1.48. The number of nitrogens with one attached hydrogen (secondary N) is 1. The molecule has 4 rings (SSSR count). The van der Waals surface area contributed by atoms with Gasteiger partial charge < -0.3 is 5.32 Å². The minimum Gasteiger partial charge on any atom is -0.369 e. The summed E-state index contributed by atoms with van der Waals surface area (Å²) < 4.78 is 3.68. The van der Waals surface area contributed by atoms with E-state index in [0.717, 1.165) is 53.6 Å². The second-order valence-electron chi connectivity index (χ2n) is 7.77. The van der Waals surface area contributed by atoms with Gasteiger partial charge >= 0.3 is 5.69 Å². The third kappa shape index (κ3) is 3.70. The number of aromatic nitrogens is 4. The second-order valence-corrected chi connectivity index (χ2v) is 7.77. The lowest BCUT2D eigenvalue weighted by Crippen LogP contribution is -2.27. The van der Waals surface area contributed by atoms with E-state index in [1.807, 2.05) is 53.1 Å². The number of unbranched alkanes of at least 4 members (excludes halogenated alkanes) is 1. The van der Waals surface area contributed by atoms with E-state index in [1.54, 1.807) is 4.57 Å². The van der Waals surface area contributed by atoms with Gasteiger partial charge in [-0.1, -0.05) is 44.5 Å². The molecule has 0 saturated heterocycles. The number of benzene rings is 2. The molecule has 0 saturated carbocycles. The molecule has 0 aliphatic carbocycles. The summed E-state index contributed by atoms with van der Waals surface area (Å²) in [5, 5.41) is 4.46. The van der Waals surface area contributed by atoms with Crippen LogP contribution in [0.2, 0.25) is 0 Å². The maximum Gasteiger partial charge on any atom is 0.329 e. The zero-order valence-corrected chi connectivity index (χ0v) is 17.9. The Morgan fingerprint density at radius 1 is 1.00 bits per heavy atom. The predicted molar refractivity (Wildman–Crippen MR) is 123 cm³/mol. The molecule has 0 radical (unpaired) electrons. The molecule has 1 unspecified atom stereocenters.